The Kier molecular flexibility index (Phi) is 2.77. The van der Waals surface area contributed by atoms with E-state index in [2.05, 4.69) is 16.0 Å². The lowest BCUT2D eigenvalue weighted by Crippen LogP contribution is -2.21. The van der Waals surface area contributed by atoms with Gasteiger partial charge in [0.2, 0.25) is 0 Å². The molecule has 0 bridgehead atoms. The normalized spacial score (nSPS) is 16.9. The monoisotopic (exact) mass is 230 g/mol. The van der Waals surface area contributed by atoms with E-state index >= 15 is 0 Å². The van der Waals surface area contributed by atoms with Gasteiger partial charge in [-0.2, -0.15) is 0 Å². The van der Waals surface area contributed by atoms with Crippen LogP contribution in [0.25, 0.3) is 10.9 Å². The van der Waals surface area contributed by atoms with Gasteiger partial charge in [0.1, 0.15) is 5.75 Å². The number of phenolic OH excluding ortho intramolecular Hbond substituents is 1. The molecule has 3 heteroatoms. The molecule has 1 aromatic heterocycles. The van der Waals surface area contributed by atoms with Gasteiger partial charge in [0.15, 0.2) is 0 Å². The lowest BCUT2D eigenvalue weighted by molar-refractivity contribution is 0.344. The highest BCUT2D eigenvalue weighted by Gasteiger charge is 2.12. The fraction of sp³-hybridized carbons (Fsp3) is 0.429. The number of para-hydroxylation sites is 1. The first-order valence-electron chi connectivity index (χ1n) is 6.35. The predicted octanol–water partition coefficient (Wildman–Crippen LogP) is 2.51. The molecule has 1 aliphatic rings. The molecule has 0 radical (unpaired) electrons. The molecule has 17 heavy (non-hydrogen) atoms. The second kappa shape index (κ2) is 4.41. The summed E-state index contributed by atoms with van der Waals surface area (Å²) in [5.41, 5.74) is 2.17. The maximum atomic E-state index is 9.72. The zero-order chi connectivity index (χ0) is 11.7. The molecule has 0 aliphatic carbocycles. The number of aromatic amines is 1. The first kappa shape index (κ1) is 10.7. The Hall–Kier alpha value is -1.48. The summed E-state index contributed by atoms with van der Waals surface area (Å²) >= 11 is 0. The van der Waals surface area contributed by atoms with E-state index < -0.39 is 0 Å². The van der Waals surface area contributed by atoms with Crippen molar-refractivity contribution in [1.82, 2.24) is 9.88 Å². The van der Waals surface area contributed by atoms with Crippen molar-refractivity contribution in [2.75, 3.05) is 19.6 Å². The molecule has 2 N–H and O–H groups in total. The number of hydrogen-bond acceptors (Lipinski definition) is 2. The first-order chi connectivity index (χ1) is 8.34. The molecule has 0 unspecified atom stereocenters. The largest absolute Gasteiger partial charge is 0.506 e. The maximum Gasteiger partial charge on any atom is 0.139 e. The van der Waals surface area contributed by atoms with Crippen LogP contribution in [-0.2, 0) is 6.42 Å². The molecule has 1 saturated heterocycles. The summed E-state index contributed by atoms with van der Waals surface area (Å²) < 4.78 is 0. The van der Waals surface area contributed by atoms with E-state index in [1.165, 1.54) is 31.5 Å². The van der Waals surface area contributed by atoms with Crippen LogP contribution in [0.15, 0.2) is 24.4 Å². The molecule has 0 saturated carbocycles. The summed E-state index contributed by atoms with van der Waals surface area (Å²) in [6.45, 7) is 3.61. The third-order valence-corrected chi connectivity index (χ3v) is 3.68. The van der Waals surface area contributed by atoms with Crippen LogP contribution in [0.2, 0.25) is 0 Å². The Morgan fingerprint density at radius 1 is 1.24 bits per heavy atom. The Morgan fingerprint density at radius 3 is 2.88 bits per heavy atom. The lowest BCUT2D eigenvalue weighted by atomic mass is 10.1. The summed E-state index contributed by atoms with van der Waals surface area (Å²) in [5.74, 6) is 0.343. The van der Waals surface area contributed by atoms with Crippen LogP contribution >= 0.6 is 0 Å². The predicted molar refractivity (Wildman–Crippen MR) is 69.3 cm³/mol. The second-order valence-corrected chi connectivity index (χ2v) is 4.81. The molecule has 3 rings (SSSR count). The van der Waals surface area contributed by atoms with Gasteiger partial charge in [-0.15, -0.1) is 0 Å². The smallest absolute Gasteiger partial charge is 0.139 e. The number of aromatic nitrogens is 1. The molecule has 1 fully saturated rings. The Balaban J connectivity index is 1.78. The van der Waals surface area contributed by atoms with Crippen LogP contribution in [0.5, 0.6) is 5.75 Å². The molecule has 3 nitrogen and oxygen atoms in total. The number of H-pyrrole nitrogens is 1. The summed E-state index contributed by atoms with van der Waals surface area (Å²) in [6.07, 6.45) is 5.77. The minimum Gasteiger partial charge on any atom is -0.506 e. The minimum atomic E-state index is 0.343. The summed E-state index contributed by atoms with van der Waals surface area (Å²) in [5, 5.41) is 10.9. The highest BCUT2D eigenvalue weighted by atomic mass is 16.3. The van der Waals surface area contributed by atoms with Crippen molar-refractivity contribution >= 4 is 10.9 Å². The van der Waals surface area contributed by atoms with Gasteiger partial charge in [-0.3, -0.25) is 0 Å². The molecule has 2 aromatic rings. The number of aromatic hydroxyl groups is 1. The Morgan fingerprint density at radius 2 is 2.06 bits per heavy atom. The zero-order valence-electron chi connectivity index (χ0n) is 9.95. The van der Waals surface area contributed by atoms with Crippen molar-refractivity contribution in [3.05, 3.63) is 30.0 Å². The summed E-state index contributed by atoms with van der Waals surface area (Å²) in [6, 6.07) is 5.71. The average molecular weight is 230 g/mol. The van der Waals surface area contributed by atoms with Gasteiger partial charge in [-0.25, -0.2) is 0 Å². The molecule has 0 atom stereocenters. The second-order valence-electron chi connectivity index (χ2n) is 4.81. The van der Waals surface area contributed by atoms with Crippen molar-refractivity contribution in [1.29, 1.82) is 0 Å². The van der Waals surface area contributed by atoms with Crippen molar-refractivity contribution in [2.45, 2.75) is 19.3 Å². The highest BCUT2D eigenvalue weighted by Crippen LogP contribution is 2.26. The lowest BCUT2D eigenvalue weighted by Gasteiger charge is -2.13. The SMILES string of the molecule is Oc1cccc2c(CCN3CCCC3)c[nH]c12. The first-order valence-corrected chi connectivity index (χ1v) is 6.35. The number of benzene rings is 1. The van der Waals surface area contributed by atoms with E-state index in [0.29, 0.717) is 5.75 Å². The molecule has 2 heterocycles. The standard InChI is InChI=1S/C14H18N2O/c17-13-5-3-4-12-11(10-15-14(12)13)6-9-16-7-1-2-8-16/h3-5,10,15,17H,1-2,6-9H2. The number of likely N-dealkylation sites (tertiary alicyclic amines) is 1. The minimum absolute atomic E-state index is 0.343. The number of rotatable bonds is 3. The third kappa shape index (κ3) is 2.03. The quantitative estimate of drug-likeness (QED) is 0.850. The molecule has 0 spiro atoms. The van der Waals surface area contributed by atoms with Gasteiger partial charge < -0.3 is 15.0 Å². The van der Waals surface area contributed by atoms with Crippen molar-refractivity contribution in [3.63, 3.8) is 0 Å². The van der Waals surface area contributed by atoms with E-state index in [-0.39, 0.29) is 0 Å². The van der Waals surface area contributed by atoms with E-state index in [4.69, 9.17) is 0 Å². The van der Waals surface area contributed by atoms with Gasteiger partial charge in [-0.1, -0.05) is 12.1 Å². The number of nitrogens with zero attached hydrogens (tertiary/aromatic N) is 1. The topological polar surface area (TPSA) is 39.3 Å². The molecule has 0 amide bonds. The molecule has 90 valence electrons. The summed E-state index contributed by atoms with van der Waals surface area (Å²) in [7, 11) is 0. The molecular weight excluding hydrogens is 212 g/mol. The van der Waals surface area contributed by atoms with Gasteiger partial charge in [0.05, 0.1) is 5.52 Å². The fourth-order valence-corrected chi connectivity index (χ4v) is 2.69. The van der Waals surface area contributed by atoms with Crippen LogP contribution in [-0.4, -0.2) is 34.6 Å². The average Bonchev–Trinajstić information content (AvgIpc) is 2.95. The van der Waals surface area contributed by atoms with E-state index in [9.17, 15) is 5.11 Å². The van der Waals surface area contributed by atoms with Gasteiger partial charge in [0.25, 0.3) is 0 Å². The van der Waals surface area contributed by atoms with Crippen LogP contribution in [0.4, 0.5) is 0 Å². The van der Waals surface area contributed by atoms with Crippen molar-refractivity contribution < 1.29 is 5.11 Å². The van der Waals surface area contributed by atoms with Crippen LogP contribution in [0.1, 0.15) is 18.4 Å². The number of fused-ring (bicyclic) bond motifs is 1. The fourth-order valence-electron chi connectivity index (χ4n) is 2.69. The van der Waals surface area contributed by atoms with E-state index in [1.54, 1.807) is 6.07 Å². The van der Waals surface area contributed by atoms with Crippen LogP contribution in [0.3, 0.4) is 0 Å². The van der Waals surface area contributed by atoms with Crippen molar-refractivity contribution in [2.24, 2.45) is 0 Å². The van der Waals surface area contributed by atoms with Crippen molar-refractivity contribution in [3.8, 4) is 5.75 Å². The Labute approximate surface area is 101 Å². The maximum absolute atomic E-state index is 9.72. The van der Waals surface area contributed by atoms with Crippen LogP contribution < -0.4 is 0 Å². The Bertz CT molecular complexity index is 512. The summed E-state index contributed by atoms with van der Waals surface area (Å²) in [4.78, 5) is 5.68. The van der Waals surface area contributed by atoms with Gasteiger partial charge >= 0.3 is 0 Å². The van der Waals surface area contributed by atoms with E-state index in [1.807, 2.05) is 12.3 Å². The zero-order valence-corrected chi connectivity index (χ0v) is 9.95. The number of phenols is 1. The molecule has 1 aliphatic heterocycles. The highest BCUT2D eigenvalue weighted by molar-refractivity contribution is 5.88. The third-order valence-electron chi connectivity index (χ3n) is 3.68. The van der Waals surface area contributed by atoms with Gasteiger partial charge in [0, 0.05) is 18.1 Å². The van der Waals surface area contributed by atoms with Crippen LogP contribution in [0, 0.1) is 0 Å². The number of nitrogens with one attached hydrogen (secondary N) is 1. The molecule has 1 aromatic carbocycles. The molecular formula is C14H18N2O. The number of hydrogen-bond donors (Lipinski definition) is 2. The van der Waals surface area contributed by atoms with E-state index in [0.717, 1.165) is 23.9 Å². The van der Waals surface area contributed by atoms with Gasteiger partial charge in [-0.05, 0) is 44.0 Å².